The molecule has 0 saturated carbocycles. The first-order valence-corrected chi connectivity index (χ1v) is 9.97. The van der Waals surface area contributed by atoms with E-state index in [4.69, 9.17) is 20.8 Å². The molecule has 158 valence electrons. The fourth-order valence-electron chi connectivity index (χ4n) is 3.83. The van der Waals surface area contributed by atoms with Crippen LogP contribution in [0.2, 0.25) is 5.02 Å². The minimum absolute atomic E-state index is 0.0485. The lowest BCUT2D eigenvalue weighted by molar-refractivity contribution is -0.132. The van der Waals surface area contributed by atoms with E-state index in [2.05, 4.69) is 0 Å². The number of ketones is 1. The molecule has 0 radical (unpaired) electrons. The average Bonchev–Trinajstić information content (AvgIpc) is 3.37. The topological polar surface area (TPSA) is 80.0 Å². The van der Waals surface area contributed by atoms with Crippen molar-refractivity contribution in [3.05, 3.63) is 87.8 Å². The second-order valence-electron chi connectivity index (χ2n) is 7.25. The number of halogens is 1. The Balaban J connectivity index is 1.96. The summed E-state index contributed by atoms with van der Waals surface area (Å²) in [7, 11) is 1.55. The number of benzene rings is 2. The highest BCUT2D eigenvalue weighted by Crippen LogP contribution is 2.44. The molecule has 1 aliphatic rings. The van der Waals surface area contributed by atoms with E-state index in [1.54, 1.807) is 69.5 Å². The standard InChI is InChI=1S/C24H20ClNO5/c1-13-12-15(30-3)9-10-16(13)22(27)20-21(19-8-5-11-31-19)26(24(29)23(20)28)18-7-4-6-17(25)14(18)2/h4-12,21,27H,1-3H3/b22-20-. The van der Waals surface area contributed by atoms with E-state index in [9.17, 15) is 14.7 Å². The molecule has 0 bridgehead atoms. The van der Waals surface area contributed by atoms with Gasteiger partial charge in [0.15, 0.2) is 0 Å². The summed E-state index contributed by atoms with van der Waals surface area (Å²) in [4.78, 5) is 27.6. The second-order valence-corrected chi connectivity index (χ2v) is 7.66. The van der Waals surface area contributed by atoms with Gasteiger partial charge in [-0.05, 0) is 67.4 Å². The lowest BCUT2D eigenvalue weighted by Crippen LogP contribution is -2.30. The van der Waals surface area contributed by atoms with Crippen LogP contribution in [0.25, 0.3) is 5.76 Å². The van der Waals surface area contributed by atoms with Crippen molar-refractivity contribution in [2.45, 2.75) is 19.9 Å². The molecule has 1 aromatic heterocycles. The van der Waals surface area contributed by atoms with E-state index in [-0.39, 0.29) is 11.3 Å². The Bertz CT molecular complexity index is 1210. The van der Waals surface area contributed by atoms with Gasteiger partial charge in [0.2, 0.25) is 0 Å². The maximum atomic E-state index is 13.1. The van der Waals surface area contributed by atoms with Crippen molar-refractivity contribution < 1.29 is 23.8 Å². The number of carbonyl (C=O) groups is 2. The first-order valence-electron chi connectivity index (χ1n) is 9.59. The number of rotatable bonds is 4. The van der Waals surface area contributed by atoms with Gasteiger partial charge in [-0.1, -0.05) is 17.7 Å². The number of methoxy groups -OCH3 is 1. The van der Waals surface area contributed by atoms with Crippen molar-refractivity contribution in [3.63, 3.8) is 0 Å². The molecule has 1 saturated heterocycles. The van der Waals surface area contributed by atoms with Crippen LogP contribution in [0, 0.1) is 13.8 Å². The third-order valence-electron chi connectivity index (χ3n) is 5.44. The first kappa shape index (κ1) is 20.8. The average molecular weight is 438 g/mol. The number of aryl methyl sites for hydroxylation is 1. The van der Waals surface area contributed by atoms with E-state index in [1.807, 2.05) is 0 Å². The number of ether oxygens (including phenoxy) is 1. The minimum Gasteiger partial charge on any atom is -0.507 e. The van der Waals surface area contributed by atoms with Crippen molar-refractivity contribution >= 4 is 34.7 Å². The number of anilines is 1. The molecule has 0 aliphatic carbocycles. The lowest BCUT2D eigenvalue weighted by atomic mass is 9.96. The van der Waals surface area contributed by atoms with Gasteiger partial charge in [-0.3, -0.25) is 14.5 Å². The van der Waals surface area contributed by atoms with Crippen molar-refractivity contribution in [2.75, 3.05) is 12.0 Å². The predicted octanol–water partition coefficient (Wildman–Crippen LogP) is 5.18. The number of hydrogen-bond donors (Lipinski definition) is 1. The number of hydrogen-bond acceptors (Lipinski definition) is 5. The Morgan fingerprint density at radius 2 is 1.90 bits per heavy atom. The summed E-state index contributed by atoms with van der Waals surface area (Å²) in [5.41, 5.74) is 2.19. The van der Waals surface area contributed by atoms with Gasteiger partial charge in [-0.2, -0.15) is 0 Å². The highest BCUT2D eigenvalue weighted by atomic mass is 35.5. The van der Waals surface area contributed by atoms with Crippen LogP contribution < -0.4 is 9.64 Å². The van der Waals surface area contributed by atoms with Crippen molar-refractivity contribution in [1.82, 2.24) is 0 Å². The summed E-state index contributed by atoms with van der Waals surface area (Å²) in [6, 6.07) is 12.6. The zero-order valence-electron chi connectivity index (χ0n) is 17.2. The number of carbonyl (C=O) groups excluding carboxylic acids is 2. The van der Waals surface area contributed by atoms with Crippen LogP contribution in [0.1, 0.15) is 28.5 Å². The Kier molecular flexibility index (Phi) is 5.33. The van der Waals surface area contributed by atoms with Crippen molar-refractivity contribution in [2.24, 2.45) is 0 Å². The molecule has 7 heteroatoms. The molecular weight excluding hydrogens is 418 g/mol. The third kappa shape index (κ3) is 3.39. The number of aliphatic hydroxyl groups is 1. The van der Waals surface area contributed by atoms with Crippen LogP contribution in [0.5, 0.6) is 5.75 Å². The van der Waals surface area contributed by atoms with Gasteiger partial charge in [-0.25, -0.2) is 0 Å². The summed E-state index contributed by atoms with van der Waals surface area (Å²) in [5.74, 6) is -0.868. The van der Waals surface area contributed by atoms with Gasteiger partial charge in [0.05, 0.1) is 18.9 Å². The molecule has 0 spiro atoms. The minimum atomic E-state index is -0.936. The van der Waals surface area contributed by atoms with Crippen LogP contribution >= 0.6 is 11.6 Å². The zero-order valence-corrected chi connectivity index (χ0v) is 17.9. The summed E-state index contributed by atoms with van der Waals surface area (Å²) in [5, 5.41) is 11.6. The van der Waals surface area contributed by atoms with Crippen molar-refractivity contribution in [3.8, 4) is 5.75 Å². The van der Waals surface area contributed by atoms with Crippen LogP contribution in [-0.4, -0.2) is 23.9 Å². The van der Waals surface area contributed by atoms with Gasteiger partial charge in [-0.15, -0.1) is 0 Å². The van der Waals surface area contributed by atoms with Crippen LogP contribution in [0.4, 0.5) is 5.69 Å². The zero-order chi connectivity index (χ0) is 22.3. The van der Waals surface area contributed by atoms with Crippen LogP contribution in [0.15, 0.2) is 64.8 Å². The normalized spacial score (nSPS) is 17.9. The Labute approximate surface area is 184 Å². The third-order valence-corrected chi connectivity index (χ3v) is 5.85. The predicted molar refractivity (Wildman–Crippen MR) is 117 cm³/mol. The quantitative estimate of drug-likeness (QED) is 0.345. The Morgan fingerprint density at radius 1 is 1.13 bits per heavy atom. The highest BCUT2D eigenvalue weighted by Gasteiger charge is 2.48. The van der Waals surface area contributed by atoms with Gasteiger partial charge < -0.3 is 14.3 Å². The maximum absolute atomic E-state index is 13.1. The van der Waals surface area contributed by atoms with Gasteiger partial charge >= 0.3 is 0 Å². The van der Waals surface area contributed by atoms with Crippen LogP contribution in [-0.2, 0) is 9.59 Å². The van der Waals surface area contributed by atoms with Gasteiger partial charge in [0.25, 0.3) is 11.7 Å². The van der Waals surface area contributed by atoms with E-state index in [0.29, 0.717) is 38.9 Å². The smallest absolute Gasteiger partial charge is 0.300 e. The molecule has 3 aromatic rings. The van der Waals surface area contributed by atoms with Gasteiger partial charge in [0, 0.05) is 16.3 Å². The SMILES string of the molecule is COc1ccc(/C(O)=C2/C(=O)C(=O)N(c3cccc(Cl)c3C)C2c2ccco2)c(C)c1. The first-order chi connectivity index (χ1) is 14.8. The maximum Gasteiger partial charge on any atom is 0.300 e. The Hall–Kier alpha value is -3.51. The van der Waals surface area contributed by atoms with E-state index in [1.165, 1.54) is 11.2 Å². The molecule has 6 nitrogen and oxygen atoms in total. The lowest BCUT2D eigenvalue weighted by Gasteiger charge is -2.25. The molecule has 31 heavy (non-hydrogen) atoms. The fourth-order valence-corrected chi connectivity index (χ4v) is 4.00. The largest absolute Gasteiger partial charge is 0.507 e. The monoisotopic (exact) mass is 437 g/mol. The highest BCUT2D eigenvalue weighted by molar-refractivity contribution is 6.52. The second kappa shape index (κ2) is 7.96. The molecule has 4 rings (SSSR count). The summed E-state index contributed by atoms with van der Waals surface area (Å²) >= 11 is 6.27. The number of Topliss-reactive ketones (excluding diaryl/α,β-unsaturated/α-hetero) is 1. The van der Waals surface area contributed by atoms with Crippen LogP contribution in [0.3, 0.4) is 0 Å². The molecule has 1 atom stereocenters. The van der Waals surface area contributed by atoms with E-state index in [0.717, 1.165) is 0 Å². The van der Waals surface area contributed by atoms with E-state index >= 15 is 0 Å². The number of nitrogens with zero attached hydrogens (tertiary/aromatic N) is 1. The molecule has 1 aliphatic heterocycles. The summed E-state index contributed by atoms with van der Waals surface area (Å²) in [6.07, 6.45) is 1.46. The fraction of sp³-hybridized carbons (Fsp3) is 0.167. The number of amides is 1. The molecule has 2 aromatic carbocycles. The summed E-state index contributed by atoms with van der Waals surface area (Å²) < 4.78 is 10.8. The molecule has 2 heterocycles. The molecular formula is C24H20ClNO5. The molecule has 1 fully saturated rings. The molecule has 1 unspecified atom stereocenters. The number of aliphatic hydroxyl groups excluding tert-OH is 1. The summed E-state index contributed by atoms with van der Waals surface area (Å²) in [6.45, 7) is 3.56. The van der Waals surface area contributed by atoms with Gasteiger partial charge in [0.1, 0.15) is 23.3 Å². The molecule has 1 amide bonds. The Morgan fingerprint density at radius 3 is 2.55 bits per heavy atom. The molecule has 1 N–H and O–H groups in total. The van der Waals surface area contributed by atoms with Crippen molar-refractivity contribution in [1.29, 1.82) is 0 Å². The number of furan rings is 1. The van der Waals surface area contributed by atoms with E-state index < -0.39 is 17.7 Å².